The molecule has 0 spiro atoms. The van der Waals surface area contributed by atoms with Crippen LogP contribution in [0, 0.1) is 10.4 Å². The molecule has 2 heterocycles. The molecule has 0 bridgehead atoms. The monoisotopic (exact) mass is 329 g/mol. The van der Waals surface area contributed by atoms with Crippen molar-refractivity contribution in [3.05, 3.63) is 46.1 Å². The van der Waals surface area contributed by atoms with E-state index < -0.39 is 4.90 Å². The van der Waals surface area contributed by atoms with Crippen LogP contribution >= 0.6 is 0 Å². The zero-order valence-corrected chi connectivity index (χ0v) is 13.8. The van der Waals surface area contributed by atoms with Gasteiger partial charge in [-0.25, -0.2) is 0 Å². The van der Waals surface area contributed by atoms with Crippen LogP contribution in [0.5, 0.6) is 0 Å². The number of hydrazine groups is 1. The molecule has 0 saturated heterocycles. The van der Waals surface area contributed by atoms with Gasteiger partial charge >= 0.3 is 0 Å². The number of guanidine groups is 3. The van der Waals surface area contributed by atoms with Gasteiger partial charge in [0, 0.05) is 34.3 Å². The Morgan fingerprint density at radius 1 is 1.00 bits per heavy atom. The SMILES string of the molecule is CN(C)C1=NC2=NC(=C3C=CC=CC3=[N+]([O-])[O-])NN2C(N(C)C)=N1. The van der Waals surface area contributed by atoms with Crippen molar-refractivity contribution < 1.29 is 4.90 Å². The third kappa shape index (κ3) is 2.57. The molecule has 0 unspecified atom stereocenters. The van der Waals surface area contributed by atoms with E-state index >= 15 is 0 Å². The van der Waals surface area contributed by atoms with Crippen LogP contribution in [-0.4, -0.2) is 71.5 Å². The van der Waals surface area contributed by atoms with Crippen LogP contribution in [0.1, 0.15) is 0 Å². The molecule has 0 saturated carbocycles. The van der Waals surface area contributed by atoms with E-state index in [9.17, 15) is 10.4 Å². The molecule has 0 aromatic carbocycles. The van der Waals surface area contributed by atoms with Crippen LogP contribution in [0.3, 0.4) is 0 Å². The first-order valence-electron chi connectivity index (χ1n) is 7.16. The normalized spacial score (nSPS) is 21.8. The second-order valence-corrected chi connectivity index (χ2v) is 5.59. The van der Waals surface area contributed by atoms with E-state index in [1.165, 1.54) is 6.08 Å². The highest BCUT2D eigenvalue weighted by atomic mass is 16.8. The summed E-state index contributed by atoms with van der Waals surface area (Å²) in [6.07, 6.45) is 6.43. The molecule has 0 radical (unpaired) electrons. The van der Waals surface area contributed by atoms with Crippen LogP contribution in [0.4, 0.5) is 0 Å². The molecule has 10 nitrogen and oxygen atoms in total. The molecule has 3 aliphatic rings. The zero-order valence-electron chi connectivity index (χ0n) is 13.8. The molecular weight excluding hydrogens is 312 g/mol. The van der Waals surface area contributed by atoms with Crippen molar-refractivity contribution in [1.29, 1.82) is 0 Å². The molecule has 3 rings (SSSR count). The first-order chi connectivity index (χ1) is 11.4. The molecule has 0 atom stereocenters. The van der Waals surface area contributed by atoms with Crippen molar-refractivity contribution >= 4 is 23.6 Å². The Labute approximate surface area is 138 Å². The number of hydrogen-bond acceptors (Lipinski definition) is 9. The van der Waals surface area contributed by atoms with E-state index in [2.05, 4.69) is 20.4 Å². The summed E-state index contributed by atoms with van der Waals surface area (Å²) in [7, 11) is 7.36. The van der Waals surface area contributed by atoms with Gasteiger partial charge in [-0.3, -0.25) is 5.43 Å². The minimum absolute atomic E-state index is 0.0237. The standard InChI is InChI=1S/C14H17N8O2/c1-19(2)12-16-13-15-11(18-21(13)14(17-12)20(3)4)9-7-5-6-8-10(9)22(23)24/h5-8,18H,1-4H3/q-1. The number of rotatable bonds is 0. The second-order valence-electron chi connectivity index (χ2n) is 5.59. The van der Waals surface area contributed by atoms with Crippen LogP contribution < -0.4 is 5.43 Å². The van der Waals surface area contributed by atoms with Gasteiger partial charge in [-0.2, -0.15) is 24.9 Å². The number of allylic oxidation sites excluding steroid dienone is 5. The van der Waals surface area contributed by atoms with Crippen LogP contribution in [0.2, 0.25) is 0 Å². The topological polar surface area (TPSA) is 108 Å². The molecule has 24 heavy (non-hydrogen) atoms. The fourth-order valence-corrected chi connectivity index (χ4v) is 2.25. The van der Waals surface area contributed by atoms with Gasteiger partial charge in [-0.15, -0.1) is 0 Å². The Morgan fingerprint density at radius 2 is 1.71 bits per heavy atom. The molecule has 1 N–H and O–H groups in total. The first kappa shape index (κ1) is 15.6. The lowest BCUT2D eigenvalue weighted by molar-refractivity contribution is -0.377. The van der Waals surface area contributed by atoms with Gasteiger partial charge in [-0.1, -0.05) is 12.2 Å². The number of fused-ring (bicyclic) bond motifs is 1. The van der Waals surface area contributed by atoms with Crippen molar-refractivity contribution in [2.24, 2.45) is 15.0 Å². The van der Waals surface area contributed by atoms with E-state index in [-0.39, 0.29) is 5.71 Å². The maximum atomic E-state index is 11.2. The third-order valence-corrected chi connectivity index (χ3v) is 3.39. The lowest BCUT2D eigenvalue weighted by Gasteiger charge is -2.29. The van der Waals surface area contributed by atoms with Crippen molar-refractivity contribution in [3.63, 3.8) is 0 Å². The van der Waals surface area contributed by atoms with E-state index in [1.54, 1.807) is 28.1 Å². The average Bonchev–Trinajstić information content (AvgIpc) is 2.97. The predicted octanol–water partition coefficient (Wildman–Crippen LogP) is -0.202. The molecule has 0 aromatic rings. The fraction of sp³-hybridized carbons (Fsp3) is 0.286. The van der Waals surface area contributed by atoms with E-state index in [4.69, 9.17) is 0 Å². The second kappa shape index (κ2) is 5.72. The summed E-state index contributed by atoms with van der Waals surface area (Å²) >= 11 is 0. The van der Waals surface area contributed by atoms with Crippen molar-refractivity contribution in [2.75, 3.05) is 28.2 Å². The largest absolute Gasteiger partial charge is 0.612 e. The number of nitrogens with one attached hydrogen (secondary N) is 1. The number of nitrogens with zero attached hydrogens (tertiary/aromatic N) is 7. The quantitative estimate of drug-likeness (QED) is 0.487. The molecule has 126 valence electrons. The first-order valence-corrected chi connectivity index (χ1v) is 7.16. The number of aliphatic imine (C=N–C) groups is 3. The van der Waals surface area contributed by atoms with Gasteiger partial charge in [0.15, 0.2) is 5.82 Å². The highest BCUT2D eigenvalue weighted by Gasteiger charge is 2.33. The molecule has 2 aliphatic heterocycles. The van der Waals surface area contributed by atoms with Gasteiger partial charge < -0.3 is 20.2 Å². The fourth-order valence-electron chi connectivity index (χ4n) is 2.25. The third-order valence-electron chi connectivity index (χ3n) is 3.39. The highest BCUT2D eigenvalue weighted by Crippen LogP contribution is 2.20. The maximum absolute atomic E-state index is 11.2. The Morgan fingerprint density at radius 3 is 2.33 bits per heavy atom. The lowest BCUT2D eigenvalue weighted by Crippen LogP contribution is -2.51. The maximum Gasteiger partial charge on any atom is 0.257 e. The Bertz CT molecular complexity index is 779. The molecule has 0 aromatic heterocycles. The highest BCUT2D eigenvalue weighted by molar-refractivity contribution is 6.14. The average molecular weight is 329 g/mol. The van der Waals surface area contributed by atoms with Crippen molar-refractivity contribution in [1.82, 2.24) is 20.2 Å². The smallest absolute Gasteiger partial charge is 0.257 e. The van der Waals surface area contributed by atoms with Crippen LogP contribution in [-0.2, 0) is 0 Å². The molecule has 0 fully saturated rings. The molecule has 10 heteroatoms. The summed E-state index contributed by atoms with van der Waals surface area (Å²) in [6, 6.07) is 0. The van der Waals surface area contributed by atoms with Crippen LogP contribution in [0.15, 0.2) is 50.7 Å². The van der Waals surface area contributed by atoms with Gasteiger partial charge in [0.05, 0.1) is 5.57 Å². The van der Waals surface area contributed by atoms with Crippen LogP contribution in [0.25, 0.3) is 0 Å². The minimum atomic E-state index is -0.434. The van der Waals surface area contributed by atoms with E-state index in [0.29, 0.717) is 29.3 Å². The van der Waals surface area contributed by atoms with Gasteiger partial charge in [-0.05, 0) is 6.08 Å². The summed E-state index contributed by atoms with van der Waals surface area (Å²) in [5.74, 6) is 1.82. The predicted molar refractivity (Wildman–Crippen MR) is 92.0 cm³/mol. The Balaban J connectivity index is 2.09. The summed E-state index contributed by atoms with van der Waals surface area (Å²) < 4.78 is 0. The van der Waals surface area contributed by atoms with Gasteiger partial charge in [0.2, 0.25) is 17.6 Å². The van der Waals surface area contributed by atoms with Gasteiger partial charge in [0.1, 0.15) is 0 Å². The Hall–Kier alpha value is -3.30. The van der Waals surface area contributed by atoms with Crippen molar-refractivity contribution in [3.8, 4) is 0 Å². The lowest BCUT2D eigenvalue weighted by atomic mass is 10.1. The summed E-state index contributed by atoms with van der Waals surface area (Å²) in [4.78, 5) is 16.4. The molecule has 0 amide bonds. The van der Waals surface area contributed by atoms with E-state index in [1.807, 2.05) is 33.1 Å². The Kier molecular flexibility index (Phi) is 3.72. The zero-order chi connectivity index (χ0) is 17.4. The summed E-state index contributed by atoms with van der Waals surface area (Å²) in [6.45, 7) is 0. The summed E-state index contributed by atoms with van der Waals surface area (Å²) in [5, 5.41) is 24.1. The molecular formula is C14H17N8O2-. The van der Waals surface area contributed by atoms with Crippen molar-refractivity contribution in [2.45, 2.75) is 0 Å². The minimum Gasteiger partial charge on any atom is -0.612 e. The molecule has 1 aliphatic carbocycles. The van der Waals surface area contributed by atoms with Gasteiger partial charge in [0.25, 0.3) is 5.96 Å². The number of hydrogen-bond donors (Lipinski definition) is 1. The van der Waals surface area contributed by atoms with E-state index in [0.717, 1.165) is 0 Å². The summed E-state index contributed by atoms with van der Waals surface area (Å²) in [5.41, 5.74) is 3.41.